The molecule has 0 aliphatic carbocycles. The molecule has 1 heteroatoms. The Labute approximate surface area is 89.9 Å². The Morgan fingerprint density at radius 1 is 1.07 bits per heavy atom. The molecule has 0 aromatic rings. The standard InChI is InChI=1S/C11H21N.C2H6/c1-2-10-6-7-11-5-3-4-8-12(11)9-10;1-2/h10-11H,2-9H2,1H3;1-2H3. The molecule has 84 valence electrons. The maximum absolute atomic E-state index is 2.75. The Morgan fingerprint density at radius 2 is 1.86 bits per heavy atom. The van der Waals surface area contributed by atoms with Crippen molar-refractivity contribution in [3.63, 3.8) is 0 Å². The predicted octanol–water partition coefficient (Wildman–Crippen LogP) is 3.69. The van der Waals surface area contributed by atoms with Gasteiger partial charge in [0.05, 0.1) is 0 Å². The van der Waals surface area contributed by atoms with Gasteiger partial charge < -0.3 is 4.90 Å². The van der Waals surface area contributed by atoms with Gasteiger partial charge in [-0.3, -0.25) is 0 Å². The summed E-state index contributed by atoms with van der Waals surface area (Å²) >= 11 is 0. The van der Waals surface area contributed by atoms with E-state index in [0.29, 0.717) is 0 Å². The summed E-state index contributed by atoms with van der Waals surface area (Å²) in [5.74, 6) is 1.01. The molecular formula is C13H27N. The number of piperidine rings is 2. The molecule has 2 heterocycles. The minimum atomic E-state index is 0.974. The molecule has 2 aliphatic heterocycles. The molecule has 0 bridgehead atoms. The Hall–Kier alpha value is -0.0400. The SMILES string of the molecule is CC.CCC1CCC2CCCCN2C1. The lowest BCUT2D eigenvalue weighted by molar-refractivity contribution is 0.0740. The van der Waals surface area contributed by atoms with Crippen LogP contribution in [0.1, 0.15) is 59.3 Å². The lowest BCUT2D eigenvalue weighted by atomic mass is 9.86. The van der Waals surface area contributed by atoms with E-state index in [1.54, 1.807) is 0 Å². The van der Waals surface area contributed by atoms with Gasteiger partial charge in [0.2, 0.25) is 0 Å². The van der Waals surface area contributed by atoms with E-state index in [2.05, 4.69) is 11.8 Å². The Balaban J connectivity index is 0.000000461. The zero-order chi connectivity index (χ0) is 10.4. The van der Waals surface area contributed by atoms with E-state index in [4.69, 9.17) is 0 Å². The highest BCUT2D eigenvalue weighted by molar-refractivity contribution is 4.83. The lowest BCUT2D eigenvalue weighted by Gasteiger charge is -2.42. The van der Waals surface area contributed by atoms with Crippen molar-refractivity contribution in [2.45, 2.75) is 65.3 Å². The highest BCUT2D eigenvalue weighted by Crippen LogP contribution is 2.29. The Kier molecular flexibility index (Phi) is 5.54. The second-order valence-electron chi connectivity index (χ2n) is 4.50. The molecule has 0 aromatic carbocycles. The van der Waals surface area contributed by atoms with Gasteiger partial charge in [-0.15, -0.1) is 0 Å². The van der Waals surface area contributed by atoms with Crippen LogP contribution >= 0.6 is 0 Å². The molecule has 2 aliphatic rings. The van der Waals surface area contributed by atoms with E-state index in [1.165, 1.54) is 51.6 Å². The molecule has 0 aromatic heterocycles. The maximum atomic E-state index is 2.75. The fraction of sp³-hybridized carbons (Fsp3) is 1.00. The summed E-state index contributed by atoms with van der Waals surface area (Å²) in [4.78, 5) is 2.75. The molecule has 2 rings (SSSR count). The van der Waals surface area contributed by atoms with E-state index in [-0.39, 0.29) is 0 Å². The molecule has 0 amide bonds. The zero-order valence-corrected chi connectivity index (χ0v) is 10.3. The van der Waals surface area contributed by atoms with Gasteiger partial charge in [0, 0.05) is 12.6 Å². The van der Waals surface area contributed by atoms with Crippen molar-refractivity contribution >= 4 is 0 Å². The second-order valence-corrected chi connectivity index (χ2v) is 4.50. The van der Waals surface area contributed by atoms with E-state index >= 15 is 0 Å². The topological polar surface area (TPSA) is 3.24 Å². The molecule has 0 spiro atoms. The van der Waals surface area contributed by atoms with Gasteiger partial charge in [-0.25, -0.2) is 0 Å². The van der Waals surface area contributed by atoms with Gasteiger partial charge in [-0.05, 0) is 38.1 Å². The number of nitrogens with zero attached hydrogens (tertiary/aromatic N) is 1. The summed E-state index contributed by atoms with van der Waals surface area (Å²) in [7, 11) is 0. The first-order valence-electron chi connectivity index (χ1n) is 6.64. The summed E-state index contributed by atoms with van der Waals surface area (Å²) in [6.07, 6.45) is 8.79. The lowest BCUT2D eigenvalue weighted by Crippen LogP contribution is -2.45. The van der Waals surface area contributed by atoms with Crippen molar-refractivity contribution in [1.82, 2.24) is 4.90 Å². The van der Waals surface area contributed by atoms with E-state index in [1.807, 2.05) is 13.8 Å². The third kappa shape index (κ3) is 2.98. The minimum absolute atomic E-state index is 0.974. The summed E-state index contributed by atoms with van der Waals surface area (Å²) < 4.78 is 0. The van der Waals surface area contributed by atoms with E-state index in [0.717, 1.165) is 12.0 Å². The van der Waals surface area contributed by atoms with Gasteiger partial charge >= 0.3 is 0 Å². The minimum Gasteiger partial charge on any atom is -0.300 e. The Bertz CT molecular complexity index is 144. The fourth-order valence-electron chi connectivity index (χ4n) is 2.81. The van der Waals surface area contributed by atoms with Gasteiger partial charge in [-0.1, -0.05) is 33.6 Å². The van der Waals surface area contributed by atoms with Crippen molar-refractivity contribution in [2.24, 2.45) is 5.92 Å². The summed E-state index contributed by atoms with van der Waals surface area (Å²) in [5, 5.41) is 0. The highest BCUT2D eigenvalue weighted by Gasteiger charge is 2.28. The summed E-state index contributed by atoms with van der Waals surface area (Å²) in [6.45, 7) is 9.14. The summed E-state index contributed by atoms with van der Waals surface area (Å²) in [6, 6.07) is 0.974. The van der Waals surface area contributed by atoms with Crippen LogP contribution in [0.3, 0.4) is 0 Å². The van der Waals surface area contributed by atoms with Gasteiger partial charge in [-0.2, -0.15) is 0 Å². The highest BCUT2D eigenvalue weighted by atomic mass is 15.2. The first kappa shape index (κ1) is 12.0. The molecule has 2 fully saturated rings. The number of fused-ring (bicyclic) bond motifs is 1. The van der Waals surface area contributed by atoms with Crippen LogP contribution in [0.25, 0.3) is 0 Å². The zero-order valence-electron chi connectivity index (χ0n) is 10.3. The van der Waals surface area contributed by atoms with Crippen molar-refractivity contribution in [3.05, 3.63) is 0 Å². The molecule has 14 heavy (non-hydrogen) atoms. The number of hydrogen-bond donors (Lipinski definition) is 0. The predicted molar refractivity (Wildman–Crippen MR) is 63.6 cm³/mol. The molecule has 2 unspecified atom stereocenters. The first-order valence-corrected chi connectivity index (χ1v) is 6.64. The molecule has 2 saturated heterocycles. The number of hydrogen-bond acceptors (Lipinski definition) is 1. The van der Waals surface area contributed by atoms with Crippen molar-refractivity contribution < 1.29 is 0 Å². The fourth-order valence-corrected chi connectivity index (χ4v) is 2.81. The average molecular weight is 197 g/mol. The van der Waals surface area contributed by atoms with Crippen LogP contribution in [0.15, 0.2) is 0 Å². The number of rotatable bonds is 1. The largest absolute Gasteiger partial charge is 0.300 e. The van der Waals surface area contributed by atoms with E-state index < -0.39 is 0 Å². The van der Waals surface area contributed by atoms with Crippen LogP contribution in [-0.4, -0.2) is 24.0 Å². The van der Waals surface area contributed by atoms with Gasteiger partial charge in [0.1, 0.15) is 0 Å². The van der Waals surface area contributed by atoms with Gasteiger partial charge in [0.15, 0.2) is 0 Å². The molecule has 2 atom stereocenters. The summed E-state index contributed by atoms with van der Waals surface area (Å²) in [5.41, 5.74) is 0. The van der Waals surface area contributed by atoms with Crippen LogP contribution in [0.2, 0.25) is 0 Å². The first-order chi connectivity index (χ1) is 6.90. The second kappa shape index (κ2) is 6.44. The molecule has 0 saturated carbocycles. The maximum Gasteiger partial charge on any atom is 0.00954 e. The van der Waals surface area contributed by atoms with Crippen LogP contribution < -0.4 is 0 Å². The molecule has 0 radical (unpaired) electrons. The molecular weight excluding hydrogens is 170 g/mol. The third-order valence-corrected chi connectivity index (χ3v) is 3.73. The van der Waals surface area contributed by atoms with Gasteiger partial charge in [0.25, 0.3) is 0 Å². The third-order valence-electron chi connectivity index (χ3n) is 3.73. The van der Waals surface area contributed by atoms with Crippen molar-refractivity contribution in [3.8, 4) is 0 Å². The van der Waals surface area contributed by atoms with Crippen molar-refractivity contribution in [2.75, 3.05) is 13.1 Å². The van der Waals surface area contributed by atoms with Crippen LogP contribution in [-0.2, 0) is 0 Å². The molecule has 1 nitrogen and oxygen atoms in total. The van der Waals surface area contributed by atoms with Crippen LogP contribution in [0.4, 0.5) is 0 Å². The smallest absolute Gasteiger partial charge is 0.00954 e. The van der Waals surface area contributed by atoms with Crippen LogP contribution in [0, 0.1) is 5.92 Å². The molecule has 0 N–H and O–H groups in total. The van der Waals surface area contributed by atoms with Crippen LogP contribution in [0.5, 0.6) is 0 Å². The quantitative estimate of drug-likeness (QED) is 0.620. The Morgan fingerprint density at radius 3 is 2.57 bits per heavy atom. The van der Waals surface area contributed by atoms with Crippen molar-refractivity contribution in [1.29, 1.82) is 0 Å². The normalized spacial score (nSPS) is 32.8. The monoisotopic (exact) mass is 197 g/mol. The average Bonchev–Trinajstić information content (AvgIpc) is 2.31. The van der Waals surface area contributed by atoms with E-state index in [9.17, 15) is 0 Å².